The van der Waals surface area contributed by atoms with Crippen molar-refractivity contribution in [2.45, 2.75) is 27.2 Å². The van der Waals surface area contributed by atoms with Gasteiger partial charge in [0.05, 0.1) is 17.0 Å². The fraction of sp³-hybridized carbons (Fsp3) is 0.529. The molecule has 1 aliphatic heterocycles. The smallest absolute Gasteiger partial charge is 0.255 e. The predicted octanol–water partition coefficient (Wildman–Crippen LogP) is 1.28. The van der Waals surface area contributed by atoms with Gasteiger partial charge in [-0.2, -0.15) is 5.10 Å². The van der Waals surface area contributed by atoms with Crippen molar-refractivity contribution in [3.05, 3.63) is 23.0 Å². The molecule has 0 saturated carbocycles. The highest BCUT2D eigenvalue weighted by Gasteiger charge is 2.24. The van der Waals surface area contributed by atoms with Gasteiger partial charge >= 0.3 is 0 Å². The third-order valence-electron chi connectivity index (χ3n) is 4.65. The quantitative estimate of drug-likeness (QED) is 0.790. The maximum Gasteiger partial charge on any atom is 0.255 e. The van der Waals surface area contributed by atoms with E-state index in [1.54, 1.807) is 16.5 Å². The Kier molecular flexibility index (Phi) is 4.26. The largest absolute Gasteiger partial charge is 0.341 e. The summed E-state index contributed by atoms with van der Waals surface area (Å²) in [5, 5.41) is 5.28. The molecule has 2 aromatic rings. The summed E-state index contributed by atoms with van der Waals surface area (Å²) in [7, 11) is 1.86. The van der Waals surface area contributed by atoms with E-state index in [4.69, 9.17) is 0 Å². The summed E-state index contributed by atoms with van der Waals surface area (Å²) in [6.45, 7) is 7.86. The molecule has 7 heteroatoms. The van der Waals surface area contributed by atoms with Crippen LogP contribution >= 0.6 is 0 Å². The number of hydrogen-bond acceptors (Lipinski definition) is 4. The molecule has 0 aromatic carbocycles. The number of hydrogen-bond donors (Lipinski definition) is 0. The van der Waals surface area contributed by atoms with Crippen LogP contribution in [0.4, 0.5) is 0 Å². The third kappa shape index (κ3) is 2.86. The molecule has 0 unspecified atom stereocenters. The first-order valence-corrected chi connectivity index (χ1v) is 8.24. The summed E-state index contributed by atoms with van der Waals surface area (Å²) < 4.78 is 1.74. The van der Waals surface area contributed by atoms with Crippen molar-refractivity contribution in [1.29, 1.82) is 0 Å². The third-order valence-corrected chi connectivity index (χ3v) is 4.65. The van der Waals surface area contributed by atoms with Gasteiger partial charge in [-0.25, -0.2) is 4.98 Å². The first-order chi connectivity index (χ1) is 11.4. The molecule has 0 radical (unpaired) electrons. The lowest BCUT2D eigenvalue weighted by molar-refractivity contribution is -0.128. The van der Waals surface area contributed by atoms with Crippen LogP contribution in [0.2, 0.25) is 0 Å². The SMILES string of the molecule is CC(=O)N1CCCN(C(=O)c2cc3c(C)nn(C)c3nc2C)CC1. The van der Waals surface area contributed by atoms with Crippen LogP contribution in [0.15, 0.2) is 6.07 Å². The molecule has 1 saturated heterocycles. The van der Waals surface area contributed by atoms with Crippen molar-refractivity contribution < 1.29 is 9.59 Å². The van der Waals surface area contributed by atoms with E-state index in [0.29, 0.717) is 37.4 Å². The standard InChI is InChI=1S/C17H23N5O2/c1-11-15(10-14-12(2)19-20(4)16(14)18-11)17(24)22-7-5-6-21(8-9-22)13(3)23/h10H,5-9H2,1-4H3. The van der Waals surface area contributed by atoms with Crippen molar-refractivity contribution in [3.63, 3.8) is 0 Å². The number of pyridine rings is 1. The Bertz CT molecular complexity index is 811. The maximum atomic E-state index is 13.0. The second-order valence-corrected chi connectivity index (χ2v) is 6.35. The summed E-state index contributed by atoms with van der Waals surface area (Å²) in [6.07, 6.45) is 0.798. The van der Waals surface area contributed by atoms with Gasteiger partial charge in [0.15, 0.2) is 5.65 Å². The van der Waals surface area contributed by atoms with E-state index in [-0.39, 0.29) is 11.8 Å². The van der Waals surface area contributed by atoms with Gasteiger partial charge < -0.3 is 9.80 Å². The van der Waals surface area contributed by atoms with Crippen LogP contribution in [0.1, 0.15) is 35.1 Å². The minimum atomic E-state index is -0.0180. The average molecular weight is 329 g/mol. The van der Waals surface area contributed by atoms with Crippen molar-refractivity contribution in [3.8, 4) is 0 Å². The van der Waals surface area contributed by atoms with E-state index in [1.807, 2.05) is 31.9 Å². The van der Waals surface area contributed by atoms with E-state index in [9.17, 15) is 9.59 Å². The Morgan fingerprint density at radius 3 is 2.42 bits per heavy atom. The summed E-state index contributed by atoms with van der Waals surface area (Å²) in [5.74, 6) is 0.0464. The Hall–Kier alpha value is -2.44. The zero-order valence-electron chi connectivity index (χ0n) is 14.7. The topological polar surface area (TPSA) is 71.3 Å². The lowest BCUT2D eigenvalue weighted by Crippen LogP contribution is -2.36. The van der Waals surface area contributed by atoms with Crippen molar-refractivity contribution in [1.82, 2.24) is 24.6 Å². The van der Waals surface area contributed by atoms with Crippen LogP contribution in [0.3, 0.4) is 0 Å². The summed E-state index contributed by atoms with van der Waals surface area (Å²) in [6, 6.07) is 1.90. The minimum absolute atomic E-state index is 0.0180. The lowest BCUT2D eigenvalue weighted by Gasteiger charge is -2.22. The first-order valence-electron chi connectivity index (χ1n) is 8.24. The summed E-state index contributed by atoms with van der Waals surface area (Å²) in [5.41, 5.74) is 2.99. The van der Waals surface area contributed by atoms with Crippen LogP contribution in [-0.2, 0) is 11.8 Å². The maximum absolute atomic E-state index is 13.0. The Labute approximate surface area is 141 Å². The van der Waals surface area contributed by atoms with E-state index < -0.39 is 0 Å². The molecule has 0 spiro atoms. The molecule has 0 bridgehead atoms. The van der Waals surface area contributed by atoms with E-state index in [2.05, 4.69) is 10.1 Å². The van der Waals surface area contributed by atoms with Crippen molar-refractivity contribution in [2.24, 2.45) is 7.05 Å². The highest BCUT2D eigenvalue weighted by atomic mass is 16.2. The number of aromatic nitrogens is 3. The Morgan fingerprint density at radius 2 is 1.71 bits per heavy atom. The van der Waals surface area contributed by atoms with Gasteiger partial charge in [0, 0.05) is 45.5 Å². The van der Waals surface area contributed by atoms with Gasteiger partial charge in [0.1, 0.15) is 0 Å². The average Bonchev–Trinajstić information content (AvgIpc) is 2.72. The fourth-order valence-corrected chi connectivity index (χ4v) is 3.25. The van der Waals surface area contributed by atoms with Crippen molar-refractivity contribution >= 4 is 22.8 Å². The molecule has 0 atom stereocenters. The van der Waals surface area contributed by atoms with Crippen LogP contribution in [0.25, 0.3) is 11.0 Å². The number of nitrogens with zero attached hydrogens (tertiary/aromatic N) is 5. The molecule has 3 heterocycles. The van der Waals surface area contributed by atoms with Crippen LogP contribution in [0.5, 0.6) is 0 Å². The first kappa shape index (κ1) is 16.4. The molecule has 128 valence electrons. The molecule has 24 heavy (non-hydrogen) atoms. The number of amides is 2. The normalized spacial score (nSPS) is 15.7. The molecule has 7 nitrogen and oxygen atoms in total. The Morgan fingerprint density at radius 1 is 1.04 bits per heavy atom. The molecule has 2 amide bonds. The molecule has 3 rings (SSSR count). The summed E-state index contributed by atoms with van der Waals surface area (Å²) >= 11 is 0. The minimum Gasteiger partial charge on any atom is -0.341 e. The van der Waals surface area contributed by atoms with E-state index in [0.717, 1.165) is 23.1 Å². The zero-order valence-corrected chi connectivity index (χ0v) is 14.7. The van der Waals surface area contributed by atoms with E-state index >= 15 is 0 Å². The Balaban J connectivity index is 1.89. The van der Waals surface area contributed by atoms with Gasteiger partial charge in [-0.05, 0) is 26.3 Å². The van der Waals surface area contributed by atoms with Crippen molar-refractivity contribution in [2.75, 3.05) is 26.2 Å². The van der Waals surface area contributed by atoms with Gasteiger partial charge in [0.2, 0.25) is 5.91 Å². The molecule has 0 N–H and O–H groups in total. The number of carbonyl (C=O) groups is 2. The van der Waals surface area contributed by atoms with Gasteiger partial charge in [-0.1, -0.05) is 0 Å². The van der Waals surface area contributed by atoms with Crippen LogP contribution in [0, 0.1) is 13.8 Å². The van der Waals surface area contributed by atoms with Crippen LogP contribution in [-0.4, -0.2) is 62.6 Å². The molecule has 2 aromatic heterocycles. The molecular weight excluding hydrogens is 306 g/mol. The summed E-state index contributed by atoms with van der Waals surface area (Å²) in [4.78, 5) is 32.7. The second-order valence-electron chi connectivity index (χ2n) is 6.35. The molecule has 1 fully saturated rings. The highest BCUT2D eigenvalue weighted by Crippen LogP contribution is 2.21. The zero-order chi connectivity index (χ0) is 17.4. The number of aryl methyl sites for hydroxylation is 3. The van der Waals surface area contributed by atoms with Crippen LogP contribution < -0.4 is 0 Å². The predicted molar refractivity (Wildman–Crippen MR) is 90.8 cm³/mol. The second kappa shape index (κ2) is 6.22. The van der Waals surface area contributed by atoms with Gasteiger partial charge in [-0.15, -0.1) is 0 Å². The van der Waals surface area contributed by atoms with Gasteiger partial charge in [0.25, 0.3) is 5.91 Å². The number of carbonyl (C=O) groups excluding carboxylic acids is 2. The number of fused-ring (bicyclic) bond motifs is 1. The molecule has 0 aliphatic carbocycles. The van der Waals surface area contributed by atoms with E-state index in [1.165, 1.54) is 0 Å². The number of rotatable bonds is 1. The monoisotopic (exact) mass is 329 g/mol. The lowest BCUT2D eigenvalue weighted by atomic mass is 10.1. The molecule has 1 aliphatic rings. The van der Waals surface area contributed by atoms with Gasteiger partial charge in [-0.3, -0.25) is 14.3 Å². The molecular formula is C17H23N5O2. The highest BCUT2D eigenvalue weighted by molar-refractivity contribution is 5.98. The fourth-order valence-electron chi connectivity index (χ4n) is 3.25.